The van der Waals surface area contributed by atoms with Crippen molar-refractivity contribution in [1.82, 2.24) is 5.32 Å². The van der Waals surface area contributed by atoms with Gasteiger partial charge in [0, 0.05) is 20.3 Å². The number of hydrogen-bond donors (Lipinski definition) is 1. The Labute approximate surface area is 119 Å². The summed E-state index contributed by atoms with van der Waals surface area (Å²) in [7, 11) is 0. The van der Waals surface area contributed by atoms with Gasteiger partial charge in [0.25, 0.3) is 0 Å². The first-order valence-corrected chi connectivity index (χ1v) is 8.32. The quantitative estimate of drug-likeness (QED) is 0.831. The molecule has 0 spiro atoms. The maximum atomic E-state index is 3.61. The van der Waals surface area contributed by atoms with Gasteiger partial charge in [0.2, 0.25) is 0 Å². The fourth-order valence-electron chi connectivity index (χ4n) is 1.87. The van der Waals surface area contributed by atoms with Crippen LogP contribution in [0.5, 0.6) is 0 Å². The number of nitrogens with one attached hydrogen (secondary N) is 1. The molecule has 1 nitrogen and oxygen atoms in total. The van der Waals surface area contributed by atoms with Gasteiger partial charge in [-0.15, -0.1) is 22.7 Å². The molecule has 0 aromatic carbocycles. The molecular formula is C13H16BrNS2. The van der Waals surface area contributed by atoms with Crippen LogP contribution in [0.3, 0.4) is 0 Å². The van der Waals surface area contributed by atoms with Crippen molar-refractivity contribution in [1.29, 1.82) is 0 Å². The maximum absolute atomic E-state index is 3.61. The second-order valence-electron chi connectivity index (χ2n) is 3.93. The summed E-state index contributed by atoms with van der Waals surface area (Å²) in [5.74, 6) is 0. The number of hydrogen-bond acceptors (Lipinski definition) is 3. The first kappa shape index (κ1) is 13.3. The standard InChI is InChI=1S/C13H16BrNS2/c1-2-15-10(8-11-4-3-6-16-11)9-13-12(14)5-7-17-13/h3-7,10,15H,2,8-9H2,1H3. The van der Waals surface area contributed by atoms with Gasteiger partial charge in [0.15, 0.2) is 0 Å². The number of thiophene rings is 2. The van der Waals surface area contributed by atoms with E-state index >= 15 is 0 Å². The van der Waals surface area contributed by atoms with Crippen LogP contribution in [-0.4, -0.2) is 12.6 Å². The fourth-order valence-corrected chi connectivity index (χ4v) is 4.25. The third-order valence-corrected chi connectivity index (χ3v) is 5.49. The van der Waals surface area contributed by atoms with Crippen molar-refractivity contribution in [3.05, 3.63) is 43.2 Å². The molecule has 0 amide bonds. The van der Waals surface area contributed by atoms with Gasteiger partial charge in [-0.05, 0) is 58.2 Å². The largest absolute Gasteiger partial charge is 0.314 e. The lowest BCUT2D eigenvalue weighted by atomic mass is 10.1. The van der Waals surface area contributed by atoms with Crippen molar-refractivity contribution in [3.8, 4) is 0 Å². The Bertz CT molecular complexity index is 436. The molecule has 0 aliphatic heterocycles. The summed E-state index contributed by atoms with van der Waals surface area (Å²) >= 11 is 7.29. The summed E-state index contributed by atoms with van der Waals surface area (Å²) in [5.41, 5.74) is 0. The Morgan fingerprint density at radius 1 is 1.24 bits per heavy atom. The molecule has 1 unspecified atom stereocenters. The van der Waals surface area contributed by atoms with Gasteiger partial charge in [-0.2, -0.15) is 0 Å². The van der Waals surface area contributed by atoms with Crippen molar-refractivity contribution in [2.24, 2.45) is 0 Å². The molecule has 2 heterocycles. The Balaban J connectivity index is 2.00. The van der Waals surface area contributed by atoms with E-state index in [1.807, 2.05) is 22.7 Å². The first-order valence-electron chi connectivity index (χ1n) is 5.77. The van der Waals surface area contributed by atoms with Crippen LogP contribution >= 0.6 is 38.6 Å². The van der Waals surface area contributed by atoms with Crippen LogP contribution in [0.25, 0.3) is 0 Å². The molecule has 2 rings (SSSR count). The number of halogens is 1. The molecule has 0 aliphatic rings. The fraction of sp³-hybridized carbons (Fsp3) is 0.385. The summed E-state index contributed by atoms with van der Waals surface area (Å²) in [6.07, 6.45) is 2.22. The Hall–Kier alpha value is -0.160. The van der Waals surface area contributed by atoms with Gasteiger partial charge in [-0.1, -0.05) is 13.0 Å². The third kappa shape index (κ3) is 3.91. The summed E-state index contributed by atoms with van der Waals surface area (Å²) in [6.45, 7) is 3.20. The van der Waals surface area contributed by atoms with Crippen molar-refractivity contribution in [2.75, 3.05) is 6.54 Å². The molecule has 4 heteroatoms. The lowest BCUT2D eigenvalue weighted by Gasteiger charge is -2.16. The number of likely N-dealkylation sites (N-methyl/N-ethyl adjacent to an activating group) is 1. The summed E-state index contributed by atoms with van der Waals surface area (Å²) in [5, 5.41) is 7.88. The molecule has 17 heavy (non-hydrogen) atoms. The van der Waals surface area contributed by atoms with Gasteiger partial charge in [-0.25, -0.2) is 0 Å². The predicted octanol–water partition coefficient (Wildman–Crippen LogP) is 4.34. The summed E-state index contributed by atoms with van der Waals surface area (Å²) in [4.78, 5) is 2.90. The van der Waals surface area contributed by atoms with Gasteiger partial charge < -0.3 is 5.32 Å². The minimum Gasteiger partial charge on any atom is -0.314 e. The number of rotatable bonds is 6. The Morgan fingerprint density at radius 2 is 2.12 bits per heavy atom. The minimum atomic E-state index is 0.536. The van der Waals surface area contributed by atoms with E-state index in [2.05, 4.69) is 57.1 Å². The normalized spacial score (nSPS) is 12.8. The van der Waals surface area contributed by atoms with Gasteiger partial charge >= 0.3 is 0 Å². The molecule has 0 saturated carbocycles. The average molecular weight is 330 g/mol. The molecule has 0 bridgehead atoms. The molecule has 0 fully saturated rings. The van der Waals surface area contributed by atoms with Gasteiger partial charge in [-0.3, -0.25) is 0 Å². The van der Waals surface area contributed by atoms with Crippen molar-refractivity contribution in [2.45, 2.75) is 25.8 Å². The van der Waals surface area contributed by atoms with E-state index < -0.39 is 0 Å². The van der Waals surface area contributed by atoms with Crippen LogP contribution in [0.4, 0.5) is 0 Å². The van der Waals surface area contributed by atoms with E-state index in [1.54, 1.807) is 0 Å². The highest BCUT2D eigenvalue weighted by Gasteiger charge is 2.12. The molecule has 2 aromatic heterocycles. The smallest absolute Gasteiger partial charge is 0.0314 e. The van der Waals surface area contributed by atoms with E-state index in [1.165, 1.54) is 14.2 Å². The van der Waals surface area contributed by atoms with Crippen LogP contribution in [-0.2, 0) is 12.8 Å². The van der Waals surface area contributed by atoms with E-state index in [4.69, 9.17) is 0 Å². The molecule has 92 valence electrons. The van der Waals surface area contributed by atoms with Crippen molar-refractivity contribution in [3.63, 3.8) is 0 Å². The molecule has 1 atom stereocenters. The zero-order valence-electron chi connectivity index (χ0n) is 9.78. The van der Waals surface area contributed by atoms with Gasteiger partial charge in [0.1, 0.15) is 0 Å². The predicted molar refractivity (Wildman–Crippen MR) is 81.2 cm³/mol. The van der Waals surface area contributed by atoms with E-state index in [0.29, 0.717) is 6.04 Å². The molecular weight excluding hydrogens is 314 g/mol. The SMILES string of the molecule is CCNC(Cc1cccs1)Cc1sccc1Br. The molecule has 0 aliphatic carbocycles. The van der Waals surface area contributed by atoms with Crippen molar-refractivity contribution < 1.29 is 0 Å². The molecule has 0 radical (unpaired) electrons. The summed E-state index contributed by atoms with van der Waals surface area (Å²) in [6, 6.07) is 7.02. The second-order valence-corrected chi connectivity index (χ2v) is 6.82. The third-order valence-electron chi connectivity index (χ3n) is 2.64. The summed E-state index contributed by atoms with van der Waals surface area (Å²) < 4.78 is 1.25. The zero-order valence-corrected chi connectivity index (χ0v) is 13.0. The highest BCUT2D eigenvalue weighted by Crippen LogP contribution is 2.25. The topological polar surface area (TPSA) is 12.0 Å². The van der Waals surface area contributed by atoms with Crippen LogP contribution in [0.1, 0.15) is 16.7 Å². The lowest BCUT2D eigenvalue weighted by Crippen LogP contribution is -2.32. The van der Waals surface area contributed by atoms with E-state index in [0.717, 1.165) is 19.4 Å². The van der Waals surface area contributed by atoms with E-state index in [9.17, 15) is 0 Å². The van der Waals surface area contributed by atoms with Crippen molar-refractivity contribution >= 4 is 38.6 Å². The maximum Gasteiger partial charge on any atom is 0.0314 e. The zero-order chi connectivity index (χ0) is 12.1. The highest BCUT2D eigenvalue weighted by atomic mass is 79.9. The van der Waals surface area contributed by atoms with Gasteiger partial charge in [0.05, 0.1) is 0 Å². The Kier molecular flexibility index (Phi) is 5.22. The highest BCUT2D eigenvalue weighted by molar-refractivity contribution is 9.10. The van der Waals surface area contributed by atoms with Crippen LogP contribution in [0.2, 0.25) is 0 Å². The monoisotopic (exact) mass is 329 g/mol. The minimum absolute atomic E-state index is 0.536. The first-order chi connectivity index (χ1) is 8.29. The Morgan fingerprint density at radius 3 is 2.71 bits per heavy atom. The van der Waals surface area contributed by atoms with Crippen LogP contribution in [0.15, 0.2) is 33.4 Å². The lowest BCUT2D eigenvalue weighted by molar-refractivity contribution is 0.527. The molecule has 1 N–H and O–H groups in total. The average Bonchev–Trinajstić information content (AvgIpc) is 2.92. The second kappa shape index (κ2) is 6.69. The van der Waals surface area contributed by atoms with E-state index in [-0.39, 0.29) is 0 Å². The van der Waals surface area contributed by atoms with Crippen LogP contribution < -0.4 is 5.32 Å². The van der Waals surface area contributed by atoms with Crippen LogP contribution in [0, 0.1) is 0 Å². The molecule has 0 saturated heterocycles. The molecule has 2 aromatic rings.